The van der Waals surface area contributed by atoms with Crippen molar-refractivity contribution >= 4 is 27.4 Å². The monoisotopic (exact) mass is 404 g/mol. The summed E-state index contributed by atoms with van der Waals surface area (Å²) >= 11 is 1.88. The SMILES string of the molecule is C[C@H]1CCc2c(sc3ncnc(N4CC[NH+](Cc5ccc(C#N)cc5)CC4)c23)C1. The summed E-state index contributed by atoms with van der Waals surface area (Å²) in [6, 6.07) is 10.2. The lowest BCUT2D eigenvalue weighted by molar-refractivity contribution is -0.914. The van der Waals surface area contributed by atoms with Gasteiger partial charge in [-0.1, -0.05) is 19.1 Å². The zero-order valence-corrected chi connectivity index (χ0v) is 17.6. The summed E-state index contributed by atoms with van der Waals surface area (Å²) < 4.78 is 0. The minimum absolute atomic E-state index is 0.731. The van der Waals surface area contributed by atoms with Crippen molar-refractivity contribution in [3.63, 3.8) is 0 Å². The second kappa shape index (κ2) is 7.74. The fourth-order valence-corrected chi connectivity index (χ4v) is 6.04. The third-order valence-corrected chi connectivity index (χ3v) is 7.54. The predicted octanol–water partition coefficient (Wildman–Crippen LogP) is 2.59. The van der Waals surface area contributed by atoms with Crippen LogP contribution < -0.4 is 9.80 Å². The molecule has 1 aliphatic carbocycles. The Balaban J connectivity index is 1.32. The summed E-state index contributed by atoms with van der Waals surface area (Å²) in [5.41, 5.74) is 3.55. The Morgan fingerprint density at radius 1 is 1.21 bits per heavy atom. The highest BCUT2D eigenvalue weighted by Gasteiger charge is 2.27. The van der Waals surface area contributed by atoms with Crippen LogP contribution in [0.25, 0.3) is 10.2 Å². The van der Waals surface area contributed by atoms with Crippen molar-refractivity contribution in [3.05, 3.63) is 52.2 Å². The number of nitrogens with zero attached hydrogens (tertiary/aromatic N) is 4. The molecule has 0 amide bonds. The maximum Gasteiger partial charge on any atom is 0.141 e. The van der Waals surface area contributed by atoms with Gasteiger partial charge in [-0.25, -0.2) is 9.97 Å². The predicted molar refractivity (Wildman–Crippen MR) is 116 cm³/mol. The zero-order chi connectivity index (χ0) is 19.8. The molecule has 1 N–H and O–H groups in total. The van der Waals surface area contributed by atoms with E-state index in [4.69, 9.17) is 10.2 Å². The molecule has 2 aromatic heterocycles. The molecule has 29 heavy (non-hydrogen) atoms. The molecule has 1 fully saturated rings. The fourth-order valence-electron chi connectivity index (χ4n) is 4.70. The van der Waals surface area contributed by atoms with Gasteiger partial charge in [0.05, 0.1) is 43.2 Å². The minimum Gasteiger partial charge on any atom is -0.345 e. The summed E-state index contributed by atoms with van der Waals surface area (Å²) in [7, 11) is 0. The molecule has 0 radical (unpaired) electrons. The Kier molecular flexibility index (Phi) is 4.94. The van der Waals surface area contributed by atoms with Crippen LogP contribution in [0.1, 0.15) is 34.9 Å². The highest BCUT2D eigenvalue weighted by molar-refractivity contribution is 7.19. The molecule has 5 rings (SSSR count). The van der Waals surface area contributed by atoms with E-state index in [1.54, 1.807) is 11.2 Å². The number of nitrogens with one attached hydrogen (secondary N) is 1. The van der Waals surface area contributed by atoms with E-state index in [9.17, 15) is 0 Å². The molecule has 6 heteroatoms. The number of fused-ring (bicyclic) bond motifs is 3. The smallest absolute Gasteiger partial charge is 0.141 e. The maximum absolute atomic E-state index is 8.96. The summed E-state index contributed by atoms with van der Waals surface area (Å²) in [6.45, 7) is 7.64. The van der Waals surface area contributed by atoms with Crippen molar-refractivity contribution in [1.29, 1.82) is 5.26 Å². The van der Waals surface area contributed by atoms with E-state index >= 15 is 0 Å². The van der Waals surface area contributed by atoms with Crippen molar-refractivity contribution in [2.75, 3.05) is 31.1 Å². The Hall–Kier alpha value is -2.49. The average Bonchev–Trinajstić information content (AvgIpc) is 3.12. The summed E-state index contributed by atoms with van der Waals surface area (Å²) in [6.07, 6.45) is 5.38. The van der Waals surface area contributed by atoms with E-state index in [2.05, 4.69) is 35.0 Å². The highest BCUT2D eigenvalue weighted by Crippen LogP contribution is 2.40. The van der Waals surface area contributed by atoms with Gasteiger partial charge in [0.25, 0.3) is 0 Å². The van der Waals surface area contributed by atoms with Crippen LogP contribution in [0.5, 0.6) is 0 Å². The van der Waals surface area contributed by atoms with Crippen molar-refractivity contribution in [3.8, 4) is 6.07 Å². The van der Waals surface area contributed by atoms with Crippen molar-refractivity contribution < 1.29 is 4.90 Å². The molecule has 0 spiro atoms. The average molecular weight is 405 g/mol. The van der Waals surface area contributed by atoms with Crippen molar-refractivity contribution in [2.24, 2.45) is 5.92 Å². The quantitative estimate of drug-likeness (QED) is 0.729. The lowest BCUT2D eigenvalue weighted by atomic mass is 9.89. The van der Waals surface area contributed by atoms with E-state index in [1.165, 1.54) is 45.5 Å². The van der Waals surface area contributed by atoms with E-state index in [-0.39, 0.29) is 0 Å². The Bertz CT molecular complexity index is 1060. The zero-order valence-electron chi connectivity index (χ0n) is 16.8. The third kappa shape index (κ3) is 3.61. The van der Waals surface area contributed by atoms with E-state index in [1.807, 2.05) is 23.5 Å². The van der Waals surface area contributed by atoms with Gasteiger partial charge in [0.1, 0.15) is 23.5 Å². The van der Waals surface area contributed by atoms with Crippen LogP contribution in [0.3, 0.4) is 0 Å². The number of hydrogen-bond acceptors (Lipinski definition) is 5. The van der Waals surface area contributed by atoms with Gasteiger partial charge in [0.15, 0.2) is 0 Å². The highest BCUT2D eigenvalue weighted by atomic mass is 32.1. The molecule has 1 aromatic carbocycles. The third-order valence-electron chi connectivity index (χ3n) is 6.38. The van der Waals surface area contributed by atoms with Crippen LogP contribution in [-0.4, -0.2) is 36.1 Å². The van der Waals surface area contributed by atoms with Gasteiger partial charge in [-0.15, -0.1) is 11.3 Å². The molecule has 0 bridgehead atoms. The number of aromatic nitrogens is 2. The Labute approximate surface area is 175 Å². The summed E-state index contributed by atoms with van der Waals surface area (Å²) in [5, 5.41) is 10.3. The number of anilines is 1. The molecular formula is C23H26N5S+. The Morgan fingerprint density at radius 2 is 2.00 bits per heavy atom. The number of aryl methyl sites for hydroxylation is 1. The molecule has 5 nitrogen and oxygen atoms in total. The Morgan fingerprint density at radius 3 is 2.76 bits per heavy atom. The van der Waals surface area contributed by atoms with Crippen LogP contribution in [0, 0.1) is 17.2 Å². The first-order valence-corrected chi connectivity index (χ1v) is 11.4. The number of quaternary nitrogens is 1. The number of hydrogen-bond donors (Lipinski definition) is 1. The normalized spacial score (nSPS) is 19.9. The summed E-state index contributed by atoms with van der Waals surface area (Å²) in [4.78, 5) is 16.1. The van der Waals surface area contributed by atoms with Gasteiger partial charge in [0.2, 0.25) is 0 Å². The van der Waals surface area contributed by atoms with Crippen LogP contribution in [0.2, 0.25) is 0 Å². The van der Waals surface area contributed by atoms with Crippen molar-refractivity contribution in [1.82, 2.24) is 9.97 Å². The number of thiophene rings is 1. The fraction of sp³-hybridized carbons (Fsp3) is 0.435. The summed E-state index contributed by atoms with van der Waals surface area (Å²) in [5.74, 6) is 1.93. The molecular weight excluding hydrogens is 378 g/mol. The lowest BCUT2D eigenvalue weighted by Gasteiger charge is -2.33. The molecule has 1 atom stereocenters. The first-order valence-electron chi connectivity index (χ1n) is 10.5. The topological polar surface area (TPSA) is 57.2 Å². The lowest BCUT2D eigenvalue weighted by Crippen LogP contribution is -3.13. The first kappa shape index (κ1) is 18.5. The van der Waals surface area contributed by atoms with Crippen LogP contribution in [-0.2, 0) is 19.4 Å². The first-order chi connectivity index (χ1) is 14.2. The number of rotatable bonds is 3. The molecule has 0 saturated carbocycles. The van der Waals surface area contributed by atoms with Gasteiger partial charge in [-0.05, 0) is 42.9 Å². The number of benzene rings is 1. The molecule has 1 aliphatic heterocycles. The van der Waals surface area contributed by atoms with Crippen LogP contribution in [0.4, 0.5) is 5.82 Å². The van der Waals surface area contributed by atoms with Gasteiger partial charge in [-0.3, -0.25) is 0 Å². The van der Waals surface area contributed by atoms with Gasteiger partial charge in [-0.2, -0.15) is 5.26 Å². The van der Waals surface area contributed by atoms with Gasteiger partial charge < -0.3 is 9.80 Å². The standard InChI is InChI=1S/C23H25N5S/c1-16-2-7-19-20(12-16)29-23-21(19)22(25-15-26-23)28-10-8-27(9-11-28)14-18-5-3-17(13-24)4-6-18/h3-6,15-16H,2,7-12,14H2,1H3/p+1/t16-/m0/s1. The largest absolute Gasteiger partial charge is 0.345 e. The second-order valence-corrected chi connectivity index (χ2v) is 9.54. The van der Waals surface area contributed by atoms with Gasteiger partial charge >= 0.3 is 0 Å². The molecule has 1 saturated heterocycles. The number of nitriles is 1. The molecule has 3 heterocycles. The molecule has 148 valence electrons. The van der Waals surface area contributed by atoms with E-state index in [0.29, 0.717) is 0 Å². The van der Waals surface area contributed by atoms with E-state index in [0.717, 1.165) is 50.0 Å². The van der Waals surface area contributed by atoms with Crippen LogP contribution in [0.15, 0.2) is 30.6 Å². The molecule has 3 aromatic rings. The number of piperazine rings is 1. The van der Waals surface area contributed by atoms with Gasteiger partial charge in [0, 0.05) is 10.4 Å². The van der Waals surface area contributed by atoms with Crippen molar-refractivity contribution in [2.45, 2.75) is 32.7 Å². The van der Waals surface area contributed by atoms with Crippen LogP contribution >= 0.6 is 11.3 Å². The molecule has 2 aliphatic rings. The maximum atomic E-state index is 8.96. The van der Waals surface area contributed by atoms with E-state index < -0.39 is 0 Å². The minimum atomic E-state index is 0.731. The molecule has 0 unspecified atom stereocenters. The second-order valence-electron chi connectivity index (χ2n) is 8.45.